The second-order valence-electron chi connectivity index (χ2n) is 8.65. The van der Waals surface area contributed by atoms with Gasteiger partial charge >= 0.3 is 0 Å². The highest BCUT2D eigenvalue weighted by Crippen LogP contribution is 2.44. The molecule has 35 heavy (non-hydrogen) atoms. The fourth-order valence-corrected chi connectivity index (χ4v) is 6.46. The molecular formula is C29H26N2O3S. The van der Waals surface area contributed by atoms with Crippen LogP contribution < -0.4 is 9.21 Å². The summed E-state index contributed by atoms with van der Waals surface area (Å²) in [6.45, 7) is 1.97. The Balaban J connectivity index is 1.66. The Morgan fingerprint density at radius 3 is 1.97 bits per heavy atom. The third kappa shape index (κ3) is 4.21. The van der Waals surface area contributed by atoms with Gasteiger partial charge < -0.3 is 4.90 Å². The Hall–Kier alpha value is -3.90. The number of anilines is 2. The second kappa shape index (κ2) is 9.39. The number of para-hydroxylation sites is 2. The zero-order valence-corrected chi connectivity index (χ0v) is 20.2. The van der Waals surface area contributed by atoms with Gasteiger partial charge in [0.15, 0.2) is 0 Å². The minimum Gasteiger partial charge on any atom is -0.305 e. The Morgan fingerprint density at radius 1 is 0.771 bits per heavy atom. The molecule has 0 bridgehead atoms. The molecule has 0 fully saturated rings. The Bertz CT molecular complexity index is 1420. The summed E-state index contributed by atoms with van der Waals surface area (Å²) < 4.78 is 29.6. The standard InChI is InChI=1S/C29H26N2O3S/c1-22-21-28(26-19-11-12-20-27(26)30(22)29(32)23-13-5-2-6-14-23)31(24-15-7-3-8-16-24)35(33,34)25-17-9-4-10-18-25/h2-20,22,28H,21H2,1H3/t22-,28-/m0/s1. The van der Waals surface area contributed by atoms with Crippen molar-refractivity contribution < 1.29 is 13.2 Å². The van der Waals surface area contributed by atoms with Crippen molar-refractivity contribution in [3.8, 4) is 0 Å². The highest BCUT2D eigenvalue weighted by molar-refractivity contribution is 7.92. The lowest BCUT2D eigenvalue weighted by Gasteiger charge is -2.43. The molecule has 1 heterocycles. The topological polar surface area (TPSA) is 57.7 Å². The van der Waals surface area contributed by atoms with Crippen LogP contribution in [0, 0.1) is 0 Å². The van der Waals surface area contributed by atoms with Crippen molar-refractivity contribution in [2.45, 2.75) is 30.3 Å². The highest BCUT2D eigenvalue weighted by Gasteiger charge is 2.41. The van der Waals surface area contributed by atoms with Crippen molar-refractivity contribution in [3.63, 3.8) is 0 Å². The summed E-state index contributed by atoms with van der Waals surface area (Å²) in [7, 11) is -3.88. The third-order valence-corrected chi connectivity index (χ3v) is 8.24. The minimum atomic E-state index is -3.88. The zero-order valence-electron chi connectivity index (χ0n) is 19.4. The molecule has 0 aliphatic carbocycles. The Kier molecular flexibility index (Phi) is 6.14. The number of benzene rings is 4. The van der Waals surface area contributed by atoms with Crippen molar-refractivity contribution in [2.75, 3.05) is 9.21 Å². The average Bonchev–Trinajstić information content (AvgIpc) is 2.90. The van der Waals surface area contributed by atoms with E-state index in [1.807, 2.05) is 79.7 Å². The van der Waals surface area contributed by atoms with Crippen molar-refractivity contribution in [1.29, 1.82) is 0 Å². The van der Waals surface area contributed by atoms with Gasteiger partial charge in [-0.1, -0.05) is 72.8 Å². The summed E-state index contributed by atoms with van der Waals surface area (Å²) in [5.74, 6) is -0.0961. The van der Waals surface area contributed by atoms with Crippen molar-refractivity contribution in [1.82, 2.24) is 0 Å². The maximum absolute atomic E-state index is 14.0. The van der Waals surface area contributed by atoms with Crippen LogP contribution in [0.2, 0.25) is 0 Å². The van der Waals surface area contributed by atoms with Gasteiger partial charge in [-0.2, -0.15) is 0 Å². The summed E-state index contributed by atoms with van der Waals surface area (Å²) in [4.78, 5) is 15.6. The number of carbonyl (C=O) groups is 1. The van der Waals surface area contributed by atoms with Gasteiger partial charge in [0.25, 0.3) is 15.9 Å². The fraction of sp³-hybridized carbons (Fsp3) is 0.138. The van der Waals surface area contributed by atoms with Crippen LogP contribution in [0.3, 0.4) is 0 Å². The van der Waals surface area contributed by atoms with Crippen LogP contribution in [-0.4, -0.2) is 20.4 Å². The van der Waals surface area contributed by atoms with Gasteiger partial charge in [0, 0.05) is 17.3 Å². The molecule has 1 aliphatic rings. The number of hydrogen-bond acceptors (Lipinski definition) is 3. The summed E-state index contributed by atoms with van der Waals surface area (Å²) in [6.07, 6.45) is 0.455. The summed E-state index contributed by atoms with van der Waals surface area (Å²) in [5, 5.41) is 0. The van der Waals surface area contributed by atoms with Gasteiger partial charge in [0.05, 0.1) is 16.6 Å². The van der Waals surface area contributed by atoms with E-state index in [4.69, 9.17) is 0 Å². The average molecular weight is 483 g/mol. The molecule has 0 N–H and O–H groups in total. The quantitative estimate of drug-likeness (QED) is 0.347. The molecule has 0 aromatic heterocycles. The van der Waals surface area contributed by atoms with Crippen LogP contribution in [0.4, 0.5) is 11.4 Å². The van der Waals surface area contributed by atoms with Crippen LogP contribution in [-0.2, 0) is 10.0 Å². The number of amides is 1. The number of carbonyl (C=O) groups excluding carboxylic acids is 1. The molecule has 0 saturated heterocycles. The maximum atomic E-state index is 14.0. The van der Waals surface area contributed by atoms with Gasteiger partial charge in [-0.05, 0) is 61.4 Å². The van der Waals surface area contributed by atoms with Gasteiger partial charge in [-0.25, -0.2) is 8.42 Å². The molecule has 5 rings (SSSR count). The van der Waals surface area contributed by atoms with Crippen molar-refractivity contribution in [2.24, 2.45) is 0 Å². The normalized spacial score (nSPS) is 17.5. The monoisotopic (exact) mass is 482 g/mol. The predicted octanol–water partition coefficient (Wildman–Crippen LogP) is 6.06. The molecule has 0 saturated carbocycles. The van der Waals surface area contributed by atoms with Crippen LogP contribution in [0.25, 0.3) is 0 Å². The van der Waals surface area contributed by atoms with E-state index < -0.39 is 16.1 Å². The second-order valence-corrected chi connectivity index (χ2v) is 10.5. The highest BCUT2D eigenvalue weighted by atomic mass is 32.2. The summed E-state index contributed by atoms with van der Waals surface area (Å²) in [6, 6.07) is 33.8. The number of nitrogens with zero attached hydrogens (tertiary/aromatic N) is 2. The maximum Gasteiger partial charge on any atom is 0.264 e. The zero-order chi connectivity index (χ0) is 24.4. The van der Waals surface area contributed by atoms with E-state index in [0.717, 1.165) is 11.3 Å². The smallest absolute Gasteiger partial charge is 0.264 e. The van der Waals surface area contributed by atoms with E-state index in [9.17, 15) is 13.2 Å². The molecule has 176 valence electrons. The summed E-state index contributed by atoms with van der Waals surface area (Å²) >= 11 is 0. The first kappa shape index (κ1) is 22.9. The van der Waals surface area contributed by atoms with E-state index in [1.54, 1.807) is 47.4 Å². The molecule has 1 aliphatic heterocycles. The number of sulfonamides is 1. The molecule has 4 aromatic carbocycles. The molecule has 4 aromatic rings. The van der Waals surface area contributed by atoms with E-state index in [1.165, 1.54) is 4.31 Å². The van der Waals surface area contributed by atoms with Gasteiger partial charge in [0.1, 0.15) is 0 Å². The van der Waals surface area contributed by atoms with Crippen molar-refractivity contribution >= 4 is 27.3 Å². The molecule has 0 radical (unpaired) electrons. The van der Waals surface area contributed by atoms with Crippen LogP contribution in [0.15, 0.2) is 120 Å². The van der Waals surface area contributed by atoms with Gasteiger partial charge in [-0.15, -0.1) is 0 Å². The van der Waals surface area contributed by atoms with E-state index in [2.05, 4.69) is 0 Å². The van der Waals surface area contributed by atoms with Gasteiger partial charge in [0.2, 0.25) is 0 Å². The van der Waals surface area contributed by atoms with E-state index >= 15 is 0 Å². The molecular weight excluding hydrogens is 456 g/mol. The van der Waals surface area contributed by atoms with Crippen LogP contribution >= 0.6 is 0 Å². The summed E-state index contributed by atoms with van der Waals surface area (Å²) in [5.41, 5.74) is 2.73. The lowest BCUT2D eigenvalue weighted by atomic mass is 9.90. The molecule has 2 atom stereocenters. The fourth-order valence-electron chi connectivity index (χ4n) is 4.80. The largest absolute Gasteiger partial charge is 0.305 e. The third-order valence-electron chi connectivity index (χ3n) is 6.39. The first-order valence-electron chi connectivity index (χ1n) is 11.6. The molecule has 0 spiro atoms. The Morgan fingerprint density at radius 2 is 1.31 bits per heavy atom. The minimum absolute atomic E-state index is 0.0961. The van der Waals surface area contributed by atoms with Crippen LogP contribution in [0.5, 0.6) is 0 Å². The Labute approximate surface area is 206 Å². The van der Waals surface area contributed by atoms with Crippen molar-refractivity contribution in [3.05, 3.63) is 126 Å². The predicted molar refractivity (Wildman–Crippen MR) is 139 cm³/mol. The number of fused-ring (bicyclic) bond motifs is 1. The first-order chi connectivity index (χ1) is 17.0. The lowest BCUT2D eigenvalue weighted by molar-refractivity contribution is 0.0974. The number of hydrogen-bond donors (Lipinski definition) is 0. The number of rotatable bonds is 5. The molecule has 5 nitrogen and oxygen atoms in total. The molecule has 1 amide bonds. The first-order valence-corrected chi connectivity index (χ1v) is 13.0. The molecule has 0 unspecified atom stereocenters. The molecule has 6 heteroatoms. The SMILES string of the molecule is C[C@H]1C[C@H](N(c2ccccc2)S(=O)(=O)c2ccccc2)c2ccccc2N1C(=O)c1ccccc1. The van der Waals surface area contributed by atoms with Crippen LogP contribution in [0.1, 0.15) is 35.3 Å². The van der Waals surface area contributed by atoms with Gasteiger partial charge in [-0.3, -0.25) is 9.10 Å². The van der Waals surface area contributed by atoms with E-state index in [-0.39, 0.29) is 16.8 Å². The lowest BCUT2D eigenvalue weighted by Crippen LogP contribution is -2.47. The van der Waals surface area contributed by atoms with E-state index in [0.29, 0.717) is 17.7 Å².